The second kappa shape index (κ2) is 15.2. The van der Waals surface area contributed by atoms with Crippen LogP contribution in [0.4, 0.5) is 11.4 Å². The van der Waals surface area contributed by atoms with Crippen molar-refractivity contribution in [2.45, 2.75) is 10.1 Å². The minimum absolute atomic E-state index is 0.0399. The molecule has 3 amide bonds. The number of halogens is 2. The van der Waals surface area contributed by atoms with Crippen molar-refractivity contribution in [3.63, 3.8) is 0 Å². The SMILES string of the molecule is O=C(Nc1cccc(SC(C(=O)Nc2ccc(Cl)c(Cl)c2)c2ccccc2)c1)/C(=C/c1cccnc1)NC(=O)c1ccccc1. The molecule has 0 fully saturated rings. The lowest BCUT2D eigenvalue weighted by Gasteiger charge is -2.18. The average Bonchev–Trinajstić information content (AvgIpc) is 3.06. The number of benzene rings is 4. The van der Waals surface area contributed by atoms with Crippen molar-refractivity contribution in [1.82, 2.24) is 10.3 Å². The van der Waals surface area contributed by atoms with Crippen LogP contribution in [0.5, 0.6) is 0 Å². The molecule has 5 rings (SSSR count). The van der Waals surface area contributed by atoms with E-state index >= 15 is 0 Å². The molecule has 1 aromatic heterocycles. The van der Waals surface area contributed by atoms with E-state index in [1.165, 1.54) is 11.8 Å². The first-order valence-corrected chi connectivity index (χ1v) is 15.4. The Bertz CT molecular complexity index is 1840. The fourth-order valence-electron chi connectivity index (χ4n) is 4.23. The number of hydrogen-bond donors (Lipinski definition) is 3. The number of hydrogen-bond acceptors (Lipinski definition) is 5. The van der Waals surface area contributed by atoms with Gasteiger partial charge in [0.15, 0.2) is 0 Å². The standard InChI is InChI=1S/C35H26Cl2N4O3S/c36-29-17-16-27(21-30(29)37)40-35(44)32(24-10-3-1-4-11-24)45-28-15-7-14-26(20-28)39-34(43)31(19-23-9-8-18-38-22-23)41-33(42)25-12-5-2-6-13-25/h1-22,32H,(H,39,43)(H,40,44)(H,41,42)/b31-19-. The van der Waals surface area contributed by atoms with Crippen molar-refractivity contribution in [2.24, 2.45) is 0 Å². The number of anilines is 2. The van der Waals surface area contributed by atoms with E-state index in [1.807, 2.05) is 36.4 Å². The second-order valence-electron chi connectivity index (χ2n) is 9.67. The molecule has 1 atom stereocenters. The molecular weight excluding hydrogens is 627 g/mol. The Morgan fingerprint density at radius 1 is 0.733 bits per heavy atom. The predicted octanol–water partition coefficient (Wildman–Crippen LogP) is 8.27. The summed E-state index contributed by atoms with van der Waals surface area (Å²) in [4.78, 5) is 44.8. The van der Waals surface area contributed by atoms with Crippen molar-refractivity contribution >= 4 is 70.1 Å². The third-order valence-corrected chi connectivity index (χ3v) is 8.38. The van der Waals surface area contributed by atoms with Crippen LogP contribution in [0, 0.1) is 0 Å². The molecule has 5 aromatic rings. The van der Waals surface area contributed by atoms with E-state index in [9.17, 15) is 14.4 Å². The van der Waals surface area contributed by atoms with Gasteiger partial charge in [0, 0.05) is 34.2 Å². The maximum absolute atomic E-state index is 13.5. The molecule has 10 heteroatoms. The van der Waals surface area contributed by atoms with Crippen molar-refractivity contribution in [1.29, 1.82) is 0 Å². The van der Waals surface area contributed by atoms with Gasteiger partial charge in [-0.05, 0) is 71.8 Å². The molecule has 3 N–H and O–H groups in total. The Balaban J connectivity index is 1.36. The molecule has 0 spiro atoms. The number of pyridine rings is 1. The minimum Gasteiger partial charge on any atom is -0.325 e. The summed E-state index contributed by atoms with van der Waals surface area (Å²) in [5.41, 5.74) is 2.87. The highest BCUT2D eigenvalue weighted by atomic mass is 35.5. The van der Waals surface area contributed by atoms with Gasteiger partial charge in [0.2, 0.25) is 5.91 Å². The van der Waals surface area contributed by atoms with Crippen molar-refractivity contribution < 1.29 is 14.4 Å². The fourth-order valence-corrected chi connectivity index (χ4v) is 5.62. The number of thioether (sulfide) groups is 1. The van der Waals surface area contributed by atoms with Gasteiger partial charge in [0.25, 0.3) is 11.8 Å². The van der Waals surface area contributed by atoms with E-state index in [4.69, 9.17) is 23.2 Å². The van der Waals surface area contributed by atoms with Crippen molar-refractivity contribution in [3.8, 4) is 0 Å². The average molecular weight is 654 g/mol. The molecule has 0 radical (unpaired) electrons. The molecular formula is C35H26Cl2N4O3S. The number of nitrogens with zero attached hydrogens (tertiary/aromatic N) is 1. The van der Waals surface area contributed by atoms with Gasteiger partial charge in [0.1, 0.15) is 10.9 Å². The van der Waals surface area contributed by atoms with E-state index in [0.717, 1.165) is 10.5 Å². The Labute approximate surface area is 274 Å². The summed E-state index contributed by atoms with van der Waals surface area (Å²) in [6.45, 7) is 0. The lowest BCUT2D eigenvalue weighted by atomic mass is 10.1. The molecule has 0 saturated carbocycles. The topological polar surface area (TPSA) is 100 Å². The highest BCUT2D eigenvalue weighted by molar-refractivity contribution is 8.00. The largest absolute Gasteiger partial charge is 0.325 e. The molecule has 0 bridgehead atoms. The number of nitrogens with one attached hydrogen (secondary N) is 3. The maximum atomic E-state index is 13.5. The van der Waals surface area contributed by atoms with E-state index in [2.05, 4.69) is 20.9 Å². The Morgan fingerprint density at radius 3 is 2.18 bits per heavy atom. The monoisotopic (exact) mass is 652 g/mol. The van der Waals surface area contributed by atoms with Gasteiger partial charge in [-0.15, -0.1) is 11.8 Å². The zero-order valence-electron chi connectivity index (χ0n) is 23.6. The van der Waals surface area contributed by atoms with Crippen molar-refractivity contribution in [3.05, 3.63) is 160 Å². The van der Waals surface area contributed by atoms with Gasteiger partial charge in [0.05, 0.1) is 10.0 Å². The number of carbonyl (C=O) groups is 3. The maximum Gasteiger partial charge on any atom is 0.272 e. The molecule has 7 nitrogen and oxygen atoms in total. The van der Waals surface area contributed by atoms with Gasteiger partial charge in [-0.1, -0.05) is 83.9 Å². The van der Waals surface area contributed by atoms with Gasteiger partial charge >= 0.3 is 0 Å². The van der Waals surface area contributed by atoms with Crippen LogP contribution < -0.4 is 16.0 Å². The van der Waals surface area contributed by atoms with Crippen LogP contribution in [0.2, 0.25) is 10.0 Å². The Kier molecular flexibility index (Phi) is 10.7. The first kappa shape index (κ1) is 31.5. The fraction of sp³-hybridized carbons (Fsp3) is 0.0286. The number of rotatable bonds is 10. The van der Waals surface area contributed by atoms with Crippen LogP contribution in [0.15, 0.2) is 138 Å². The van der Waals surface area contributed by atoms with Crippen LogP contribution in [-0.2, 0) is 9.59 Å². The lowest BCUT2D eigenvalue weighted by Crippen LogP contribution is -2.30. The van der Waals surface area contributed by atoms with Crippen LogP contribution in [0.3, 0.4) is 0 Å². The van der Waals surface area contributed by atoms with Crippen LogP contribution >= 0.6 is 35.0 Å². The summed E-state index contributed by atoms with van der Waals surface area (Å²) < 4.78 is 0. The summed E-state index contributed by atoms with van der Waals surface area (Å²) in [6, 6.07) is 33.5. The van der Waals surface area contributed by atoms with Gasteiger partial charge in [-0.3, -0.25) is 19.4 Å². The zero-order chi connectivity index (χ0) is 31.6. The summed E-state index contributed by atoms with van der Waals surface area (Å²) in [6.07, 6.45) is 4.77. The van der Waals surface area contributed by atoms with Gasteiger partial charge < -0.3 is 16.0 Å². The number of amides is 3. The third kappa shape index (κ3) is 8.83. The quantitative estimate of drug-likeness (QED) is 0.104. The third-order valence-electron chi connectivity index (χ3n) is 6.40. The smallest absolute Gasteiger partial charge is 0.272 e. The first-order valence-electron chi connectivity index (χ1n) is 13.7. The highest BCUT2D eigenvalue weighted by Gasteiger charge is 2.23. The van der Waals surface area contributed by atoms with Crippen molar-refractivity contribution in [2.75, 3.05) is 10.6 Å². The lowest BCUT2D eigenvalue weighted by molar-refractivity contribution is -0.116. The predicted molar refractivity (Wildman–Crippen MR) is 181 cm³/mol. The second-order valence-corrected chi connectivity index (χ2v) is 11.7. The molecule has 0 aliphatic heterocycles. The Hall–Kier alpha value is -4.89. The molecule has 4 aromatic carbocycles. The zero-order valence-corrected chi connectivity index (χ0v) is 25.9. The van der Waals surface area contributed by atoms with E-state index in [0.29, 0.717) is 32.5 Å². The molecule has 45 heavy (non-hydrogen) atoms. The molecule has 224 valence electrons. The Morgan fingerprint density at radius 2 is 1.47 bits per heavy atom. The van der Waals surface area contributed by atoms with E-state index in [-0.39, 0.29) is 11.6 Å². The molecule has 0 aliphatic rings. The van der Waals surface area contributed by atoms with Gasteiger partial charge in [-0.2, -0.15) is 0 Å². The summed E-state index contributed by atoms with van der Waals surface area (Å²) >= 11 is 13.5. The molecule has 1 unspecified atom stereocenters. The van der Waals surface area contributed by atoms with Crippen LogP contribution in [0.1, 0.15) is 26.7 Å². The molecule has 0 aliphatic carbocycles. The minimum atomic E-state index is -0.627. The van der Waals surface area contributed by atoms with Gasteiger partial charge in [-0.25, -0.2) is 0 Å². The number of aromatic nitrogens is 1. The van der Waals surface area contributed by atoms with E-state index in [1.54, 1.807) is 97.3 Å². The highest BCUT2D eigenvalue weighted by Crippen LogP contribution is 2.37. The first-order chi connectivity index (χ1) is 21.9. The molecule has 0 saturated heterocycles. The summed E-state index contributed by atoms with van der Waals surface area (Å²) in [7, 11) is 0. The van der Waals surface area contributed by atoms with Crippen LogP contribution in [0.25, 0.3) is 6.08 Å². The normalized spacial score (nSPS) is 11.7. The van der Waals surface area contributed by atoms with Crippen LogP contribution in [-0.4, -0.2) is 22.7 Å². The summed E-state index contributed by atoms with van der Waals surface area (Å²) in [5.74, 6) is -1.21. The molecule has 1 heterocycles. The summed E-state index contributed by atoms with van der Waals surface area (Å²) in [5, 5.41) is 8.61. The number of carbonyl (C=O) groups excluding carboxylic acids is 3. The van der Waals surface area contributed by atoms with E-state index < -0.39 is 17.1 Å².